The van der Waals surface area contributed by atoms with Crippen molar-refractivity contribution in [2.24, 2.45) is 0 Å². The predicted molar refractivity (Wildman–Crippen MR) is 47.1 cm³/mol. The van der Waals surface area contributed by atoms with Gasteiger partial charge in [-0.1, -0.05) is 0 Å². The first kappa shape index (κ1) is 8.78. The number of allylic oxidation sites excluding steroid dienone is 1. The predicted octanol–water partition coefficient (Wildman–Crippen LogP) is 2.83. The van der Waals surface area contributed by atoms with Crippen LogP contribution in [0.4, 0.5) is 4.39 Å². The van der Waals surface area contributed by atoms with E-state index in [-0.39, 0.29) is 5.82 Å². The fourth-order valence-electron chi connectivity index (χ4n) is 1.02. The maximum atomic E-state index is 12.5. The van der Waals surface area contributed by atoms with Crippen LogP contribution in [0.5, 0.6) is 0 Å². The van der Waals surface area contributed by atoms with Gasteiger partial charge in [0.2, 0.25) is 0 Å². The first-order chi connectivity index (χ1) is 5.77. The second-order valence-corrected chi connectivity index (χ2v) is 2.36. The third-order valence-electron chi connectivity index (χ3n) is 1.61. The Kier molecular flexibility index (Phi) is 2.86. The SMILES string of the molecule is C/C=C(\OC)c1ccc(F)cc1. The maximum Gasteiger partial charge on any atom is 0.123 e. The minimum Gasteiger partial charge on any atom is -0.496 e. The highest BCUT2D eigenvalue weighted by Crippen LogP contribution is 2.14. The Bertz CT molecular complexity index is 274. The summed E-state index contributed by atoms with van der Waals surface area (Å²) in [6.07, 6.45) is 1.84. The van der Waals surface area contributed by atoms with E-state index < -0.39 is 0 Å². The third kappa shape index (κ3) is 1.84. The summed E-state index contributed by atoms with van der Waals surface area (Å²) in [5, 5.41) is 0. The molecule has 1 aromatic carbocycles. The van der Waals surface area contributed by atoms with E-state index in [4.69, 9.17) is 4.74 Å². The van der Waals surface area contributed by atoms with Crippen LogP contribution in [0.1, 0.15) is 12.5 Å². The lowest BCUT2D eigenvalue weighted by molar-refractivity contribution is 0.369. The van der Waals surface area contributed by atoms with E-state index in [9.17, 15) is 4.39 Å². The minimum atomic E-state index is -0.231. The molecule has 0 radical (unpaired) electrons. The Labute approximate surface area is 71.5 Å². The molecule has 0 N–H and O–H groups in total. The van der Waals surface area contributed by atoms with Crippen LogP contribution in [0.2, 0.25) is 0 Å². The largest absolute Gasteiger partial charge is 0.496 e. The number of rotatable bonds is 2. The van der Waals surface area contributed by atoms with Gasteiger partial charge in [-0.2, -0.15) is 0 Å². The highest BCUT2D eigenvalue weighted by Gasteiger charge is 1.98. The number of hydrogen-bond acceptors (Lipinski definition) is 1. The summed E-state index contributed by atoms with van der Waals surface area (Å²) >= 11 is 0. The smallest absolute Gasteiger partial charge is 0.123 e. The first-order valence-corrected chi connectivity index (χ1v) is 3.74. The van der Waals surface area contributed by atoms with Gasteiger partial charge in [-0.05, 0) is 37.3 Å². The summed E-state index contributed by atoms with van der Waals surface area (Å²) in [7, 11) is 1.60. The molecule has 64 valence electrons. The Morgan fingerprint density at radius 3 is 2.33 bits per heavy atom. The molecule has 0 aliphatic rings. The molecular weight excluding hydrogens is 155 g/mol. The van der Waals surface area contributed by atoms with E-state index in [1.807, 2.05) is 13.0 Å². The van der Waals surface area contributed by atoms with Crippen LogP contribution >= 0.6 is 0 Å². The molecule has 0 aromatic heterocycles. The Hall–Kier alpha value is -1.31. The van der Waals surface area contributed by atoms with Gasteiger partial charge < -0.3 is 4.74 Å². The molecule has 0 heterocycles. The average Bonchev–Trinajstić information content (AvgIpc) is 2.10. The van der Waals surface area contributed by atoms with Crippen LogP contribution in [0, 0.1) is 5.82 Å². The van der Waals surface area contributed by atoms with E-state index in [1.54, 1.807) is 19.2 Å². The van der Waals surface area contributed by atoms with Gasteiger partial charge in [0.15, 0.2) is 0 Å². The molecule has 0 bridgehead atoms. The summed E-state index contributed by atoms with van der Waals surface area (Å²) in [4.78, 5) is 0. The molecule has 0 fully saturated rings. The van der Waals surface area contributed by atoms with Crippen LogP contribution < -0.4 is 0 Å². The van der Waals surface area contributed by atoms with Gasteiger partial charge in [0, 0.05) is 5.56 Å². The van der Waals surface area contributed by atoms with E-state index in [0.717, 1.165) is 11.3 Å². The van der Waals surface area contributed by atoms with Crippen LogP contribution in [0.3, 0.4) is 0 Å². The van der Waals surface area contributed by atoms with Crippen molar-refractivity contribution >= 4 is 5.76 Å². The lowest BCUT2D eigenvalue weighted by atomic mass is 10.2. The average molecular weight is 166 g/mol. The number of ether oxygens (including phenoxy) is 1. The van der Waals surface area contributed by atoms with Crippen LogP contribution in [-0.2, 0) is 4.74 Å². The monoisotopic (exact) mass is 166 g/mol. The summed E-state index contributed by atoms with van der Waals surface area (Å²) in [6.45, 7) is 1.88. The molecule has 1 aromatic rings. The second kappa shape index (κ2) is 3.90. The van der Waals surface area contributed by atoms with Crippen molar-refractivity contribution in [2.75, 3.05) is 7.11 Å². The van der Waals surface area contributed by atoms with Crippen LogP contribution in [-0.4, -0.2) is 7.11 Å². The zero-order valence-electron chi connectivity index (χ0n) is 7.17. The molecule has 1 nitrogen and oxygen atoms in total. The Morgan fingerprint density at radius 1 is 1.33 bits per heavy atom. The Morgan fingerprint density at radius 2 is 1.92 bits per heavy atom. The number of hydrogen-bond donors (Lipinski definition) is 0. The first-order valence-electron chi connectivity index (χ1n) is 3.74. The van der Waals surface area contributed by atoms with Crippen molar-refractivity contribution in [1.29, 1.82) is 0 Å². The minimum absolute atomic E-state index is 0.231. The van der Waals surface area contributed by atoms with Gasteiger partial charge in [-0.15, -0.1) is 0 Å². The zero-order valence-corrected chi connectivity index (χ0v) is 7.17. The molecule has 0 amide bonds. The third-order valence-corrected chi connectivity index (χ3v) is 1.61. The number of benzene rings is 1. The summed E-state index contributed by atoms with van der Waals surface area (Å²) in [5.41, 5.74) is 0.890. The molecule has 0 aliphatic carbocycles. The molecule has 2 heteroatoms. The topological polar surface area (TPSA) is 9.23 Å². The van der Waals surface area contributed by atoms with Crippen molar-refractivity contribution in [2.45, 2.75) is 6.92 Å². The molecule has 0 saturated carbocycles. The van der Waals surface area contributed by atoms with Gasteiger partial charge >= 0.3 is 0 Å². The molecular formula is C10H11FO. The van der Waals surface area contributed by atoms with Gasteiger partial charge in [-0.3, -0.25) is 0 Å². The molecule has 0 aliphatic heterocycles. The lowest BCUT2D eigenvalue weighted by Gasteiger charge is -2.04. The lowest BCUT2D eigenvalue weighted by Crippen LogP contribution is -1.86. The van der Waals surface area contributed by atoms with Gasteiger partial charge in [0.1, 0.15) is 11.6 Å². The molecule has 1 rings (SSSR count). The standard InChI is InChI=1S/C10H11FO/c1-3-10(12-2)8-4-6-9(11)7-5-8/h3-7H,1-2H3/b10-3-. The highest BCUT2D eigenvalue weighted by molar-refractivity contribution is 5.58. The van der Waals surface area contributed by atoms with Crippen molar-refractivity contribution in [3.63, 3.8) is 0 Å². The van der Waals surface area contributed by atoms with Gasteiger partial charge in [0.05, 0.1) is 7.11 Å². The summed E-state index contributed by atoms with van der Waals surface area (Å²) < 4.78 is 17.6. The Balaban J connectivity index is 2.96. The van der Waals surface area contributed by atoms with Crippen LogP contribution in [0.15, 0.2) is 30.3 Å². The van der Waals surface area contributed by atoms with Gasteiger partial charge in [0.25, 0.3) is 0 Å². The van der Waals surface area contributed by atoms with Gasteiger partial charge in [-0.25, -0.2) is 4.39 Å². The van der Waals surface area contributed by atoms with Crippen molar-refractivity contribution < 1.29 is 9.13 Å². The molecule has 0 atom stereocenters. The molecule has 0 saturated heterocycles. The van der Waals surface area contributed by atoms with Crippen molar-refractivity contribution in [1.82, 2.24) is 0 Å². The second-order valence-electron chi connectivity index (χ2n) is 2.36. The number of methoxy groups -OCH3 is 1. The number of halogens is 1. The van der Waals surface area contributed by atoms with Crippen LogP contribution in [0.25, 0.3) is 5.76 Å². The summed E-state index contributed by atoms with van der Waals surface area (Å²) in [6, 6.07) is 6.21. The molecule has 12 heavy (non-hydrogen) atoms. The molecule has 0 spiro atoms. The fourth-order valence-corrected chi connectivity index (χ4v) is 1.02. The van der Waals surface area contributed by atoms with Crippen molar-refractivity contribution in [3.05, 3.63) is 41.7 Å². The zero-order chi connectivity index (χ0) is 8.97. The highest BCUT2D eigenvalue weighted by atomic mass is 19.1. The fraction of sp³-hybridized carbons (Fsp3) is 0.200. The normalized spacial score (nSPS) is 11.4. The van der Waals surface area contributed by atoms with E-state index in [0.29, 0.717) is 0 Å². The quantitative estimate of drug-likeness (QED) is 0.614. The maximum absolute atomic E-state index is 12.5. The summed E-state index contributed by atoms with van der Waals surface area (Å²) in [5.74, 6) is 0.528. The van der Waals surface area contributed by atoms with Crippen molar-refractivity contribution in [3.8, 4) is 0 Å². The van der Waals surface area contributed by atoms with E-state index >= 15 is 0 Å². The molecule has 0 unspecified atom stereocenters. The van der Waals surface area contributed by atoms with E-state index in [1.165, 1.54) is 12.1 Å². The van der Waals surface area contributed by atoms with E-state index in [2.05, 4.69) is 0 Å².